The number of hydrogen-bond acceptors (Lipinski definition) is 4. The number of carbonyl (C=O) groups is 2. The molecule has 0 radical (unpaired) electrons. The number of carboxylic acids is 2. The van der Waals surface area contributed by atoms with Crippen molar-refractivity contribution in [2.45, 2.75) is 96.1 Å². The molecule has 0 aromatic carbocycles. The zero-order valence-corrected chi connectivity index (χ0v) is 16.8. The molecule has 0 aromatic rings. The summed E-state index contributed by atoms with van der Waals surface area (Å²) in [6.07, 6.45) is 7.90. The van der Waals surface area contributed by atoms with Crippen LogP contribution in [0.5, 0.6) is 0 Å². The normalized spacial score (nSPS) is 15.3. The number of carboxylic acid groups (broad SMARTS) is 2. The van der Waals surface area contributed by atoms with Gasteiger partial charge in [0.15, 0.2) is 5.25 Å². The second kappa shape index (κ2) is 12.3. The fraction of sp³-hybridized carbons (Fsp3) is 0.889. The molecular weight excluding hydrogens is 360 g/mol. The van der Waals surface area contributed by atoms with E-state index in [-0.39, 0.29) is 12.8 Å². The Kier molecular flexibility index (Phi) is 11.7. The Labute approximate surface area is 156 Å². The lowest BCUT2D eigenvalue weighted by Gasteiger charge is -2.33. The van der Waals surface area contributed by atoms with Crippen LogP contribution in [0.15, 0.2) is 0 Å². The Morgan fingerprint density at radius 2 is 1.19 bits per heavy atom. The molecular formula is C18H34O7S. The third kappa shape index (κ3) is 8.03. The molecule has 2 unspecified atom stereocenters. The SMILES string of the molecule is CCCCCCCCC(CCCCCC)(C(=O)O)C(C(=O)O)S(=O)(=O)O. The van der Waals surface area contributed by atoms with Gasteiger partial charge in [-0.2, -0.15) is 8.42 Å². The Balaban J connectivity index is 5.41. The lowest BCUT2D eigenvalue weighted by Crippen LogP contribution is -2.51. The molecule has 0 spiro atoms. The molecule has 0 rings (SSSR count). The molecule has 3 N–H and O–H groups in total. The van der Waals surface area contributed by atoms with Gasteiger partial charge in [0, 0.05) is 0 Å². The predicted molar refractivity (Wildman–Crippen MR) is 99.8 cm³/mol. The first-order chi connectivity index (χ1) is 12.1. The van der Waals surface area contributed by atoms with Gasteiger partial charge in [-0.05, 0) is 12.8 Å². The fourth-order valence-electron chi connectivity index (χ4n) is 3.45. The molecule has 154 valence electrons. The van der Waals surface area contributed by atoms with Gasteiger partial charge in [0.05, 0.1) is 5.41 Å². The van der Waals surface area contributed by atoms with Crippen LogP contribution in [0.4, 0.5) is 0 Å². The van der Waals surface area contributed by atoms with E-state index in [1.54, 1.807) is 0 Å². The Morgan fingerprint density at radius 1 is 0.808 bits per heavy atom. The van der Waals surface area contributed by atoms with Crippen molar-refractivity contribution in [3.63, 3.8) is 0 Å². The molecule has 0 aliphatic carbocycles. The third-order valence-corrected chi connectivity index (χ3v) is 6.15. The first kappa shape index (κ1) is 24.8. The van der Waals surface area contributed by atoms with Crippen molar-refractivity contribution >= 4 is 22.1 Å². The van der Waals surface area contributed by atoms with E-state index < -0.39 is 32.7 Å². The molecule has 2 atom stereocenters. The monoisotopic (exact) mass is 394 g/mol. The summed E-state index contributed by atoms with van der Waals surface area (Å²) < 4.78 is 32.8. The number of rotatable bonds is 16. The molecule has 0 heterocycles. The number of hydrogen-bond donors (Lipinski definition) is 3. The predicted octanol–water partition coefficient (Wildman–Crippen LogP) is 4.12. The van der Waals surface area contributed by atoms with E-state index in [2.05, 4.69) is 6.92 Å². The Morgan fingerprint density at radius 3 is 1.54 bits per heavy atom. The van der Waals surface area contributed by atoms with Gasteiger partial charge in [0.2, 0.25) is 0 Å². The molecule has 0 amide bonds. The summed E-state index contributed by atoms with van der Waals surface area (Å²) in [5.41, 5.74) is -2.00. The van der Waals surface area contributed by atoms with E-state index in [1.807, 2.05) is 6.92 Å². The molecule has 26 heavy (non-hydrogen) atoms. The number of unbranched alkanes of at least 4 members (excludes halogenated alkanes) is 8. The molecule has 0 aliphatic heterocycles. The van der Waals surface area contributed by atoms with Crippen molar-refractivity contribution in [2.24, 2.45) is 5.41 Å². The Bertz CT molecular complexity index is 530. The van der Waals surface area contributed by atoms with Gasteiger partial charge in [0.25, 0.3) is 10.1 Å². The zero-order chi connectivity index (χ0) is 20.2. The molecule has 8 heteroatoms. The number of aliphatic carboxylic acids is 2. The molecule has 0 saturated carbocycles. The quantitative estimate of drug-likeness (QED) is 0.265. The van der Waals surface area contributed by atoms with Crippen LogP contribution in [0, 0.1) is 5.41 Å². The summed E-state index contributed by atoms with van der Waals surface area (Å²) in [5.74, 6) is -3.27. The van der Waals surface area contributed by atoms with E-state index >= 15 is 0 Å². The van der Waals surface area contributed by atoms with Gasteiger partial charge in [-0.25, -0.2) is 0 Å². The van der Waals surface area contributed by atoms with Crippen LogP contribution < -0.4 is 0 Å². The lowest BCUT2D eigenvalue weighted by molar-refractivity contribution is -0.156. The topological polar surface area (TPSA) is 129 Å². The van der Waals surface area contributed by atoms with Crippen molar-refractivity contribution in [3.8, 4) is 0 Å². The summed E-state index contributed by atoms with van der Waals surface area (Å²) in [5, 5.41) is 16.8. The van der Waals surface area contributed by atoms with E-state index in [9.17, 15) is 32.8 Å². The van der Waals surface area contributed by atoms with Gasteiger partial charge in [-0.3, -0.25) is 14.1 Å². The minimum absolute atomic E-state index is 0.0721. The maximum atomic E-state index is 12.0. The second-order valence-electron chi connectivity index (χ2n) is 7.02. The summed E-state index contributed by atoms with van der Waals surface area (Å²) in [6.45, 7) is 4.06. The highest BCUT2D eigenvalue weighted by Gasteiger charge is 2.55. The van der Waals surface area contributed by atoms with Crippen molar-refractivity contribution in [2.75, 3.05) is 0 Å². The summed E-state index contributed by atoms with van der Waals surface area (Å²) >= 11 is 0. The highest BCUT2D eigenvalue weighted by Crippen LogP contribution is 2.39. The van der Waals surface area contributed by atoms with Gasteiger partial charge in [-0.1, -0.05) is 78.1 Å². The molecule has 0 fully saturated rings. The van der Waals surface area contributed by atoms with Gasteiger partial charge in [0.1, 0.15) is 0 Å². The largest absolute Gasteiger partial charge is 0.481 e. The van der Waals surface area contributed by atoms with Gasteiger partial charge < -0.3 is 10.2 Å². The maximum Gasteiger partial charge on any atom is 0.325 e. The molecule has 0 saturated heterocycles. The van der Waals surface area contributed by atoms with Crippen molar-refractivity contribution in [1.29, 1.82) is 0 Å². The third-order valence-electron chi connectivity index (χ3n) is 4.90. The average Bonchev–Trinajstić information content (AvgIpc) is 2.52. The zero-order valence-electron chi connectivity index (χ0n) is 15.9. The average molecular weight is 395 g/mol. The Hall–Kier alpha value is -1.15. The van der Waals surface area contributed by atoms with Crippen molar-refractivity contribution in [1.82, 2.24) is 0 Å². The van der Waals surface area contributed by atoms with Crippen LogP contribution >= 0.6 is 0 Å². The first-order valence-corrected chi connectivity index (χ1v) is 11.1. The summed E-state index contributed by atoms with van der Waals surface area (Å²) in [7, 11) is -5.04. The van der Waals surface area contributed by atoms with Crippen molar-refractivity contribution in [3.05, 3.63) is 0 Å². The van der Waals surface area contributed by atoms with Crippen LogP contribution in [-0.2, 0) is 19.7 Å². The lowest BCUT2D eigenvalue weighted by atomic mass is 9.74. The van der Waals surface area contributed by atoms with E-state index in [0.717, 1.165) is 38.5 Å². The maximum absolute atomic E-state index is 12.0. The molecule has 0 aromatic heterocycles. The van der Waals surface area contributed by atoms with Crippen molar-refractivity contribution < 1.29 is 32.8 Å². The second-order valence-corrected chi connectivity index (χ2v) is 8.52. The van der Waals surface area contributed by atoms with E-state index in [0.29, 0.717) is 25.7 Å². The van der Waals surface area contributed by atoms with Crippen LogP contribution in [0.3, 0.4) is 0 Å². The minimum atomic E-state index is -5.04. The van der Waals surface area contributed by atoms with Gasteiger partial charge in [-0.15, -0.1) is 0 Å². The molecule has 0 bridgehead atoms. The summed E-state index contributed by atoms with van der Waals surface area (Å²) in [6, 6.07) is 0. The van der Waals surface area contributed by atoms with E-state index in [4.69, 9.17) is 0 Å². The highest BCUT2D eigenvalue weighted by atomic mass is 32.2. The van der Waals surface area contributed by atoms with Crippen LogP contribution in [0.1, 0.15) is 90.9 Å². The highest BCUT2D eigenvalue weighted by molar-refractivity contribution is 7.87. The van der Waals surface area contributed by atoms with Crippen LogP contribution in [-0.4, -0.2) is 40.4 Å². The van der Waals surface area contributed by atoms with Crippen LogP contribution in [0.25, 0.3) is 0 Å². The first-order valence-electron chi connectivity index (χ1n) is 9.56. The standard InChI is InChI=1S/C18H34O7S/c1-3-5-7-9-10-12-14-18(17(21)22,13-11-8-6-4-2)15(16(19)20)26(23,24)25/h15H,3-14H2,1-2H3,(H,19,20)(H,21,22)(H,23,24,25). The van der Waals surface area contributed by atoms with E-state index in [1.165, 1.54) is 0 Å². The summed E-state index contributed by atoms with van der Waals surface area (Å²) in [4.78, 5) is 23.6. The van der Waals surface area contributed by atoms with Crippen LogP contribution in [0.2, 0.25) is 0 Å². The van der Waals surface area contributed by atoms with Gasteiger partial charge >= 0.3 is 11.9 Å². The molecule has 0 aliphatic rings. The smallest absolute Gasteiger partial charge is 0.325 e. The molecule has 7 nitrogen and oxygen atoms in total. The minimum Gasteiger partial charge on any atom is -0.481 e. The fourth-order valence-corrected chi connectivity index (χ4v) is 4.61.